The van der Waals surface area contributed by atoms with Crippen molar-refractivity contribution >= 4 is 41.0 Å². The fourth-order valence-corrected chi connectivity index (χ4v) is 4.87. The zero-order valence-electron chi connectivity index (χ0n) is 16.4. The number of hydrogen-bond acceptors (Lipinski definition) is 8. The van der Waals surface area contributed by atoms with Crippen LogP contribution in [0.5, 0.6) is 5.75 Å². The molecule has 1 aromatic heterocycles. The van der Waals surface area contributed by atoms with Crippen molar-refractivity contribution in [3.05, 3.63) is 29.8 Å². The molecule has 2 aromatic rings. The summed E-state index contributed by atoms with van der Waals surface area (Å²) in [6.45, 7) is 0. The molecular formula is C20H25N3O3S2. The molecule has 0 saturated heterocycles. The molecule has 0 spiro atoms. The quantitative estimate of drug-likeness (QED) is 0.285. The zero-order valence-corrected chi connectivity index (χ0v) is 18.0. The molecule has 1 fully saturated rings. The van der Waals surface area contributed by atoms with Gasteiger partial charge in [0.2, 0.25) is 0 Å². The highest BCUT2D eigenvalue weighted by atomic mass is 32.2. The molecule has 0 radical (unpaired) electrons. The molecule has 150 valence electrons. The minimum absolute atomic E-state index is 0.395. The van der Waals surface area contributed by atoms with Crippen LogP contribution < -0.4 is 10.1 Å². The first-order chi connectivity index (χ1) is 13.6. The normalized spacial score (nSPS) is 14.5. The van der Waals surface area contributed by atoms with Crippen molar-refractivity contribution in [1.29, 1.82) is 0 Å². The second-order valence-corrected chi connectivity index (χ2v) is 8.52. The maximum atomic E-state index is 12.6. The lowest BCUT2D eigenvalue weighted by molar-refractivity contribution is 0.0596. The van der Waals surface area contributed by atoms with E-state index in [1.54, 1.807) is 18.9 Å². The third-order valence-electron chi connectivity index (χ3n) is 4.61. The fourth-order valence-electron chi connectivity index (χ4n) is 3.13. The highest BCUT2D eigenvalue weighted by molar-refractivity contribution is 8.00. The molecule has 8 heteroatoms. The van der Waals surface area contributed by atoms with Gasteiger partial charge in [-0.1, -0.05) is 31.0 Å². The van der Waals surface area contributed by atoms with Crippen LogP contribution in [0.2, 0.25) is 0 Å². The Kier molecular flexibility index (Phi) is 7.44. The van der Waals surface area contributed by atoms with Crippen LogP contribution in [0.15, 0.2) is 34.4 Å². The number of nitrogens with zero attached hydrogens (tertiary/aromatic N) is 2. The van der Waals surface area contributed by atoms with Gasteiger partial charge in [-0.3, -0.25) is 0 Å². The predicted octanol–water partition coefficient (Wildman–Crippen LogP) is 5.16. The number of anilines is 2. The minimum atomic E-state index is -0.429. The molecule has 1 aliphatic rings. The smallest absolute Gasteiger partial charge is 0.344 e. The first kappa shape index (κ1) is 20.8. The molecule has 0 unspecified atom stereocenters. The summed E-state index contributed by atoms with van der Waals surface area (Å²) in [7, 11) is 3.01. The zero-order chi connectivity index (χ0) is 19.9. The van der Waals surface area contributed by atoms with E-state index in [0.717, 1.165) is 24.3 Å². The summed E-state index contributed by atoms with van der Waals surface area (Å²) in [5.41, 5.74) is 1.21. The number of carbonyl (C=O) groups is 1. The van der Waals surface area contributed by atoms with E-state index in [9.17, 15) is 4.79 Å². The number of esters is 1. The molecular weight excluding hydrogens is 394 g/mol. The van der Waals surface area contributed by atoms with E-state index in [2.05, 4.69) is 15.3 Å². The van der Waals surface area contributed by atoms with Gasteiger partial charge >= 0.3 is 5.97 Å². The molecule has 0 amide bonds. The summed E-state index contributed by atoms with van der Waals surface area (Å²) < 4.78 is 10.3. The van der Waals surface area contributed by atoms with Crippen LogP contribution in [0.1, 0.15) is 42.5 Å². The standard InChI is InChI=1S/C20H25N3O3S2/c1-25-14-11-9-13(10-12-14)21-17-16(19(24)26-2)18(23-20(22-17)27-3)28-15-7-5-4-6-8-15/h9-12,15H,4-8H2,1-3H3,(H,21,22,23). The van der Waals surface area contributed by atoms with E-state index >= 15 is 0 Å². The lowest BCUT2D eigenvalue weighted by Crippen LogP contribution is -2.14. The molecule has 1 heterocycles. The van der Waals surface area contributed by atoms with Crippen molar-refractivity contribution in [2.75, 3.05) is 25.8 Å². The van der Waals surface area contributed by atoms with E-state index in [1.807, 2.05) is 30.5 Å². The number of thioether (sulfide) groups is 2. The Balaban J connectivity index is 1.97. The number of hydrogen-bond donors (Lipinski definition) is 1. The second-order valence-electron chi connectivity index (χ2n) is 6.46. The monoisotopic (exact) mass is 419 g/mol. The maximum absolute atomic E-state index is 12.6. The van der Waals surface area contributed by atoms with Gasteiger partial charge in [-0.05, 0) is 43.4 Å². The topological polar surface area (TPSA) is 73.3 Å². The summed E-state index contributed by atoms with van der Waals surface area (Å²) in [6.07, 6.45) is 7.95. The van der Waals surface area contributed by atoms with Gasteiger partial charge in [0.05, 0.1) is 14.2 Å². The van der Waals surface area contributed by atoms with Crippen molar-refractivity contribution in [2.24, 2.45) is 0 Å². The Bertz CT molecular complexity index is 809. The van der Waals surface area contributed by atoms with Crippen molar-refractivity contribution < 1.29 is 14.3 Å². The van der Waals surface area contributed by atoms with Gasteiger partial charge in [-0.2, -0.15) is 0 Å². The maximum Gasteiger partial charge on any atom is 0.344 e. The largest absolute Gasteiger partial charge is 0.497 e. The van der Waals surface area contributed by atoms with E-state index in [-0.39, 0.29) is 0 Å². The van der Waals surface area contributed by atoms with Crippen LogP contribution in [0.4, 0.5) is 11.5 Å². The third-order valence-corrected chi connectivity index (χ3v) is 6.48. The first-order valence-corrected chi connectivity index (χ1v) is 11.4. The average Bonchev–Trinajstić information content (AvgIpc) is 2.74. The van der Waals surface area contributed by atoms with Gasteiger partial charge in [0.25, 0.3) is 0 Å². The summed E-state index contributed by atoms with van der Waals surface area (Å²) in [5, 5.41) is 5.04. The van der Waals surface area contributed by atoms with Crippen LogP contribution in [0.25, 0.3) is 0 Å². The molecule has 1 aliphatic carbocycles. The van der Waals surface area contributed by atoms with Crippen LogP contribution in [0, 0.1) is 0 Å². The van der Waals surface area contributed by atoms with Crippen molar-refractivity contribution in [2.45, 2.75) is 47.5 Å². The Labute approximate surface area is 174 Å². The van der Waals surface area contributed by atoms with E-state index in [0.29, 0.717) is 26.8 Å². The number of benzene rings is 1. The molecule has 1 aromatic carbocycles. The van der Waals surface area contributed by atoms with Crippen molar-refractivity contribution in [3.63, 3.8) is 0 Å². The van der Waals surface area contributed by atoms with Crippen LogP contribution in [-0.4, -0.2) is 41.7 Å². The molecule has 0 bridgehead atoms. The predicted molar refractivity (Wildman–Crippen MR) is 114 cm³/mol. The first-order valence-electron chi connectivity index (χ1n) is 9.26. The van der Waals surface area contributed by atoms with Gasteiger partial charge in [0.1, 0.15) is 16.3 Å². The third kappa shape index (κ3) is 5.11. The van der Waals surface area contributed by atoms with E-state index in [1.165, 1.54) is 38.1 Å². The SMILES string of the molecule is COC(=O)c1c(Nc2ccc(OC)cc2)nc(SC)nc1SC1CCCCC1. The molecule has 28 heavy (non-hydrogen) atoms. The Hall–Kier alpha value is -1.93. The number of rotatable bonds is 7. The molecule has 6 nitrogen and oxygen atoms in total. The highest BCUT2D eigenvalue weighted by Crippen LogP contribution is 2.37. The number of aromatic nitrogens is 2. The molecule has 1 saturated carbocycles. The highest BCUT2D eigenvalue weighted by Gasteiger charge is 2.25. The number of nitrogens with one attached hydrogen (secondary N) is 1. The number of ether oxygens (including phenoxy) is 2. The molecule has 0 atom stereocenters. The summed E-state index contributed by atoms with van der Waals surface area (Å²) in [5.74, 6) is 0.802. The van der Waals surface area contributed by atoms with Gasteiger partial charge in [0, 0.05) is 10.9 Å². The Morgan fingerprint density at radius 3 is 2.43 bits per heavy atom. The number of methoxy groups -OCH3 is 2. The van der Waals surface area contributed by atoms with Crippen molar-refractivity contribution in [1.82, 2.24) is 9.97 Å². The van der Waals surface area contributed by atoms with E-state index in [4.69, 9.17) is 9.47 Å². The van der Waals surface area contributed by atoms with Crippen LogP contribution >= 0.6 is 23.5 Å². The van der Waals surface area contributed by atoms with Crippen molar-refractivity contribution in [3.8, 4) is 5.75 Å². The lowest BCUT2D eigenvalue weighted by atomic mass is 10.0. The van der Waals surface area contributed by atoms with E-state index < -0.39 is 5.97 Å². The Morgan fingerprint density at radius 2 is 1.82 bits per heavy atom. The lowest BCUT2D eigenvalue weighted by Gasteiger charge is -2.22. The Morgan fingerprint density at radius 1 is 1.11 bits per heavy atom. The second kappa shape index (κ2) is 10.0. The molecule has 1 N–H and O–H groups in total. The average molecular weight is 420 g/mol. The molecule has 3 rings (SSSR count). The van der Waals surface area contributed by atoms with Gasteiger partial charge in [-0.25, -0.2) is 14.8 Å². The van der Waals surface area contributed by atoms with Gasteiger partial charge < -0.3 is 14.8 Å². The van der Waals surface area contributed by atoms with Gasteiger partial charge in [-0.15, -0.1) is 11.8 Å². The molecule has 0 aliphatic heterocycles. The fraction of sp³-hybridized carbons (Fsp3) is 0.450. The van der Waals surface area contributed by atoms with Crippen LogP contribution in [-0.2, 0) is 4.74 Å². The summed E-state index contributed by atoms with van der Waals surface area (Å²) >= 11 is 3.13. The minimum Gasteiger partial charge on any atom is -0.497 e. The van der Waals surface area contributed by atoms with Gasteiger partial charge in [0.15, 0.2) is 11.0 Å². The summed E-state index contributed by atoms with van der Waals surface area (Å²) in [6, 6.07) is 7.48. The van der Waals surface area contributed by atoms with Crippen LogP contribution in [0.3, 0.4) is 0 Å². The summed E-state index contributed by atoms with van der Waals surface area (Å²) in [4.78, 5) is 21.8. The number of carbonyl (C=O) groups excluding carboxylic acids is 1.